The highest BCUT2D eigenvalue weighted by atomic mass is 16.2. The number of amides is 2. The van der Waals surface area contributed by atoms with Gasteiger partial charge in [-0.1, -0.05) is 29.8 Å². The number of carbonyl (C=O) groups is 2. The summed E-state index contributed by atoms with van der Waals surface area (Å²) in [5.74, 6) is -0.325. The molecule has 0 spiro atoms. The van der Waals surface area contributed by atoms with Crippen molar-refractivity contribution >= 4 is 28.9 Å². The van der Waals surface area contributed by atoms with Crippen molar-refractivity contribution in [2.75, 3.05) is 10.6 Å². The lowest BCUT2D eigenvalue weighted by Crippen LogP contribution is -2.23. The van der Waals surface area contributed by atoms with Crippen molar-refractivity contribution in [3.63, 3.8) is 0 Å². The van der Waals surface area contributed by atoms with Crippen molar-refractivity contribution in [3.8, 4) is 0 Å². The fourth-order valence-electron chi connectivity index (χ4n) is 2.70. The second-order valence-corrected chi connectivity index (χ2v) is 6.49. The van der Waals surface area contributed by atoms with E-state index in [1.807, 2.05) is 55.5 Å². The molecule has 0 saturated carbocycles. The van der Waals surface area contributed by atoms with E-state index >= 15 is 0 Å². The van der Waals surface area contributed by atoms with Gasteiger partial charge in [-0.15, -0.1) is 0 Å². The highest BCUT2D eigenvalue weighted by Gasteiger charge is 2.07. The van der Waals surface area contributed by atoms with Crippen molar-refractivity contribution in [2.24, 2.45) is 0 Å². The number of hydrogen-bond donors (Lipinski definition) is 3. The average molecular weight is 374 g/mol. The summed E-state index contributed by atoms with van der Waals surface area (Å²) in [5.41, 5.74) is 4.92. The van der Waals surface area contributed by atoms with Crippen LogP contribution in [0.25, 0.3) is 0 Å². The number of aryl methyl sites for hydroxylation is 1. The van der Waals surface area contributed by atoms with Crippen LogP contribution >= 0.6 is 0 Å². The largest absolute Gasteiger partial charge is 0.354 e. The van der Waals surface area contributed by atoms with E-state index in [0.29, 0.717) is 12.2 Å². The third-order valence-corrected chi connectivity index (χ3v) is 4.03. The first kappa shape index (κ1) is 19.1. The van der Waals surface area contributed by atoms with Gasteiger partial charge >= 0.3 is 0 Å². The molecule has 3 rings (SSSR count). The van der Waals surface area contributed by atoms with Gasteiger partial charge in [-0.3, -0.25) is 9.59 Å². The molecule has 2 aromatic carbocycles. The molecule has 0 bridgehead atoms. The van der Waals surface area contributed by atoms with Crippen LogP contribution in [0, 0.1) is 6.92 Å². The van der Waals surface area contributed by atoms with Crippen molar-refractivity contribution in [3.05, 3.63) is 83.7 Å². The van der Waals surface area contributed by atoms with Crippen LogP contribution in [0.1, 0.15) is 28.5 Å². The molecule has 142 valence electrons. The molecule has 0 aliphatic rings. The average Bonchev–Trinajstić information content (AvgIpc) is 2.68. The Bertz CT molecular complexity index is 967. The lowest BCUT2D eigenvalue weighted by atomic mass is 10.1. The molecule has 0 saturated heterocycles. The lowest BCUT2D eigenvalue weighted by molar-refractivity contribution is -0.114. The van der Waals surface area contributed by atoms with E-state index in [1.165, 1.54) is 6.92 Å². The Kier molecular flexibility index (Phi) is 6.01. The van der Waals surface area contributed by atoms with Crippen LogP contribution in [-0.2, 0) is 11.3 Å². The van der Waals surface area contributed by atoms with Gasteiger partial charge in [0.25, 0.3) is 5.91 Å². The topological polar surface area (TPSA) is 83.1 Å². The maximum atomic E-state index is 12.3. The molecule has 0 atom stereocenters. The third-order valence-electron chi connectivity index (χ3n) is 4.03. The van der Waals surface area contributed by atoms with Crippen molar-refractivity contribution in [2.45, 2.75) is 20.4 Å². The highest BCUT2D eigenvalue weighted by Crippen LogP contribution is 2.18. The van der Waals surface area contributed by atoms with E-state index in [-0.39, 0.29) is 11.8 Å². The Balaban J connectivity index is 1.56. The van der Waals surface area contributed by atoms with E-state index in [1.54, 1.807) is 18.3 Å². The van der Waals surface area contributed by atoms with Gasteiger partial charge in [-0.25, -0.2) is 4.98 Å². The molecule has 6 nitrogen and oxygen atoms in total. The van der Waals surface area contributed by atoms with Crippen LogP contribution in [0.5, 0.6) is 0 Å². The molecule has 6 heteroatoms. The summed E-state index contributed by atoms with van der Waals surface area (Å²) in [6.07, 6.45) is 1.61. The second-order valence-electron chi connectivity index (χ2n) is 6.49. The summed E-state index contributed by atoms with van der Waals surface area (Å²) in [6.45, 7) is 3.95. The number of pyridine rings is 1. The van der Waals surface area contributed by atoms with Gasteiger partial charge in [0, 0.05) is 24.8 Å². The summed E-state index contributed by atoms with van der Waals surface area (Å²) in [6, 6.07) is 18.8. The van der Waals surface area contributed by atoms with E-state index in [9.17, 15) is 9.59 Å². The third kappa shape index (κ3) is 5.41. The number of benzene rings is 2. The molecular formula is C22H22N4O2. The van der Waals surface area contributed by atoms with Gasteiger partial charge in [0.2, 0.25) is 5.91 Å². The Morgan fingerprint density at radius 3 is 2.29 bits per heavy atom. The Morgan fingerprint density at radius 1 is 0.929 bits per heavy atom. The maximum absolute atomic E-state index is 12.3. The Labute approximate surface area is 164 Å². The molecular weight excluding hydrogens is 352 g/mol. The standard InChI is InChI=1S/C22H22N4O2/c1-15-4-3-5-17(12-15)13-24-22(28)21-11-10-20(14-23-21)26-19-8-6-18(7-9-19)25-16(2)27/h3-12,14,26H,13H2,1-2H3,(H,24,28)(H,25,27). The minimum absolute atomic E-state index is 0.110. The molecule has 1 heterocycles. The minimum Gasteiger partial charge on any atom is -0.354 e. The van der Waals surface area contributed by atoms with E-state index < -0.39 is 0 Å². The van der Waals surface area contributed by atoms with E-state index in [4.69, 9.17) is 0 Å². The SMILES string of the molecule is CC(=O)Nc1ccc(Nc2ccc(C(=O)NCc3cccc(C)c3)nc2)cc1. The van der Waals surface area contributed by atoms with Crippen LogP contribution in [0.3, 0.4) is 0 Å². The van der Waals surface area contributed by atoms with E-state index in [2.05, 4.69) is 20.9 Å². The van der Waals surface area contributed by atoms with Crippen LogP contribution in [0.2, 0.25) is 0 Å². The molecule has 2 amide bonds. The zero-order valence-corrected chi connectivity index (χ0v) is 15.8. The van der Waals surface area contributed by atoms with Crippen LogP contribution in [0.15, 0.2) is 66.9 Å². The normalized spacial score (nSPS) is 10.2. The van der Waals surface area contributed by atoms with Gasteiger partial charge in [0.15, 0.2) is 0 Å². The fraction of sp³-hybridized carbons (Fsp3) is 0.136. The summed E-state index contributed by atoms with van der Waals surface area (Å²) >= 11 is 0. The van der Waals surface area contributed by atoms with Gasteiger partial charge in [0.1, 0.15) is 5.69 Å². The fourth-order valence-corrected chi connectivity index (χ4v) is 2.70. The zero-order valence-electron chi connectivity index (χ0n) is 15.8. The molecule has 3 N–H and O–H groups in total. The zero-order chi connectivity index (χ0) is 19.9. The molecule has 0 radical (unpaired) electrons. The quantitative estimate of drug-likeness (QED) is 0.608. The van der Waals surface area contributed by atoms with E-state index in [0.717, 1.165) is 28.2 Å². The van der Waals surface area contributed by atoms with Crippen molar-refractivity contribution in [1.82, 2.24) is 10.3 Å². The molecule has 1 aromatic heterocycles. The first-order valence-electron chi connectivity index (χ1n) is 8.94. The molecule has 28 heavy (non-hydrogen) atoms. The van der Waals surface area contributed by atoms with Gasteiger partial charge < -0.3 is 16.0 Å². The molecule has 0 aliphatic heterocycles. The van der Waals surface area contributed by atoms with Crippen LogP contribution in [-0.4, -0.2) is 16.8 Å². The number of hydrogen-bond acceptors (Lipinski definition) is 4. The van der Waals surface area contributed by atoms with Crippen molar-refractivity contribution < 1.29 is 9.59 Å². The maximum Gasteiger partial charge on any atom is 0.270 e. The first-order chi connectivity index (χ1) is 13.5. The minimum atomic E-state index is -0.215. The number of anilines is 3. The Morgan fingerprint density at radius 2 is 1.64 bits per heavy atom. The van der Waals surface area contributed by atoms with Crippen LogP contribution in [0.4, 0.5) is 17.1 Å². The molecule has 0 unspecified atom stereocenters. The van der Waals surface area contributed by atoms with Gasteiger partial charge in [-0.05, 0) is 48.9 Å². The molecule has 3 aromatic rings. The number of aromatic nitrogens is 1. The van der Waals surface area contributed by atoms with Crippen molar-refractivity contribution in [1.29, 1.82) is 0 Å². The predicted molar refractivity (Wildman–Crippen MR) is 111 cm³/mol. The van der Waals surface area contributed by atoms with Gasteiger partial charge in [-0.2, -0.15) is 0 Å². The summed E-state index contributed by atoms with van der Waals surface area (Å²) in [7, 11) is 0. The molecule has 0 aliphatic carbocycles. The first-order valence-corrected chi connectivity index (χ1v) is 8.94. The predicted octanol–water partition coefficient (Wildman–Crippen LogP) is 4.02. The lowest BCUT2D eigenvalue weighted by Gasteiger charge is -2.09. The van der Waals surface area contributed by atoms with Gasteiger partial charge in [0.05, 0.1) is 11.9 Å². The smallest absolute Gasteiger partial charge is 0.270 e. The highest BCUT2D eigenvalue weighted by molar-refractivity contribution is 5.92. The number of nitrogens with zero attached hydrogens (tertiary/aromatic N) is 1. The Hall–Kier alpha value is -3.67. The number of carbonyl (C=O) groups excluding carboxylic acids is 2. The molecule has 0 fully saturated rings. The summed E-state index contributed by atoms with van der Waals surface area (Å²) in [5, 5.41) is 8.80. The summed E-state index contributed by atoms with van der Waals surface area (Å²) < 4.78 is 0. The second kappa shape index (κ2) is 8.81. The number of rotatable bonds is 6. The monoisotopic (exact) mass is 374 g/mol. The number of nitrogens with one attached hydrogen (secondary N) is 3. The van der Waals surface area contributed by atoms with Crippen LogP contribution < -0.4 is 16.0 Å². The summed E-state index contributed by atoms with van der Waals surface area (Å²) in [4.78, 5) is 27.5.